The van der Waals surface area contributed by atoms with Crippen LogP contribution in [-0.2, 0) is 9.59 Å². The van der Waals surface area contributed by atoms with Crippen molar-refractivity contribution in [3.8, 4) is 11.5 Å². The number of carbonyl (C=O) groups excluding carboxylic acids is 2. The van der Waals surface area contributed by atoms with E-state index < -0.39 is 6.10 Å². The zero-order valence-electron chi connectivity index (χ0n) is 19.1. The van der Waals surface area contributed by atoms with E-state index >= 15 is 0 Å². The number of likely N-dealkylation sites (N-methyl/N-ethyl adjacent to an activating group) is 1. The molecule has 1 fully saturated rings. The van der Waals surface area contributed by atoms with Crippen LogP contribution in [0.3, 0.4) is 0 Å². The lowest BCUT2D eigenvalue weighted by molar-refractivity contribution is -0.129. The molecular weight excluding hydrogens is 477 g/mol. The number of ether oxygens (including phenoxy) is 2. The Balaban J connectivity index is 1.21. The third kappa shape index (κ3) is 6.27. The molecule has 2 aliphatic rings. The zero-order chi connectivity index (χ0) is 24.1. The van der Waals surface area contributed by atoms with E-state index in [0.29, 0.717) is 28.1 Å². The van der Waals surface area contributed by atoms with Gasteiger partial charge in [-0.05, 0) is 75.1 Å². The van der Waals surface area contributed by atoms with Crippen LogP contribution in [-0.4, -0.2) is 49.7 Å². The van der Waals surface area contributed by atoms with Crippen LogP contribution in [0.1, 0.15) is 32.6 Å². The van der Waals surface area contributed by atoms with E-state index in [4.69, 9.17) is 32.7 Å². The lowest BCUT2D eigenvalue weighted by Crippen LogP contribution is -2.52. The first-order valence-corrected chi connectivity index (χ1v) is 12.4. The molecule has 0 radical (unpaired) electrons. The van der Waals surface area contributed by atoms with Crippen molar-refractivity contribution in [3.63, 3.8) is 0 Å². The third-order valence-corrected chi connectivity index (χ3v) is 6.70. The fourth-order valence-electron chi connectivity index (χ4n) is 4.39. The highest BCUT2D eigenvalue weighted by molar-refractivity contribution is 6.31. The van der Waals surface area contributed by atoms with Crippen LogP contribution in [0.5, 0.6) is 11.5 Å². The third-order valence-electron chi connectivity index (χ3n) is 6.21. The van der Waals surface area contributed by atoms with Crippen LogP contribution < -0.4 is 25.0 Å². The van der Waals surface area contributed by atoms with Crippen molar-refractivity contribution >= 4 is 40.7 Å². The Hall–Kier alpha value is -2.64. The van der Waals surface area contributed by atoms with E-state index in [9.17, 15) is 9.59 Å². The number of hydrogen-bond acceptors (Lipinski definition) is 5. The van der Waals surface area contributed by atoms with Crippen LogP contribution in [0.15, 0.2) is 42.5 Å². The number of rotatable bonds is 7. The Morgan fingerprint density at radius 2 is 1.65 bits per heavy atom. The van der Waals surface area contributed by atoms with Gasteiger partial charge >= 0.3 is 0 Å². The van der Waals surface area contributed by atoms with Crippen LogP contribution in [0.4, 0.5) is 5.69 Å². The smallest absolute Gasteiger partial charge is 0.263 e. The number of halogens is 2. The molecule has 0 aromatic heterocycles. The summed E-state index contributed by atoms with van der Waals surface area (Å²) >= 11 is 12.0. The molecule has 0 spiro atoms. The largest absolute Gasteiger partial charge is 0.484 e. The van der Waals surface area contributed by atoms with E-state index in [1.54, 1.807) is 30.3 Å². The summed E-state index contributed by atoms with van der Waals surface area (Å²) in [5.41, 5.74) is 0.912. The number of benzene rings is 2. The molecule has 2 N–H and O–H groups in total. The molecule has 34 heavy (non-hydrogen) atoms. The first kappa shape index (κ1) is 24.5. The van der Waals surface area contributed by atoms with Gasteiger partial charge in [0.15, 0.2) is 12.7 Å². The second-order valence-electron chi connectivity index (χ2n) is 8.62. The van der Waals surface area contributed by atoms with Gasteiger partial charge in [-0.1, -0.05) is 23.2 Å². The van der Waals surface area contributed by atoms with Crippen LogP contribution in [0.2, 0.25) is 10.0 Å². The van der Waals surface area contributed by atoms with Crippen LogP contribution >= 0.6 is 23.2 Å². The lowest BCUT2D eigenvalue weighted by atomic mass is 9.91. The number of hydrogen-bond donors (Lipinski definition) is 2. The van der Waals surface area contributed by atoms with Crippen LogP contribution in [0.25, 0.3) is 0 Å². The molecule has 1 heterocycles. The van der Waals surface area contributed by atoms with Crippen molar-refractivity contribution in [1.82, 2.24) is 10.6 Å². The highest BCUT2D eigenvalue weighted by Gasteiger charge is 2.32. The minimum atomic E-state index is -0.573. The molecule has 0 saturated heterocycles. The molecule has 1 aliphatic heterocycles. The van der Waals surface area contributed by atoms with Crippen molar-refractivity contribution in [2.24, 2.45) is 0 Å². The normalized spacial score (nSPS) is 21.7. The average molecular weight is 506 g/mol. The zero-order valence-corrected chi connectivity index (χ0v) is 20.6. The molecule has 1 atom stereocenters. The van der Waals surface area contributed by atoms with E-state index in [2.05, 4.69) is 15.5 Å². The van der Waals surface area contributed by atoms with Gasteiger partial charge in [0.2, 0.25) is 0 Å². The standard InChI is InChI=1S/C25H29Cl2N3O4/c1-2-30-14-23(34-22-12-5-17(27)13-21(22)30)25(32)29-19-8-6-18(7-9-19)28-24(31)15-33-20-10-3-16(26)4-11-20/h3-5,10-13,18-19,23H,2,6-9,14-15H2,1H3,(H,28,31)(H,29,32)/t18?,19?,23-/m0/s1. The van der Waals surface area contributed by atoms with Crippen molar-refractivity contribution in [3.05, 3.63) is 52.5 Å². The first-order valence-electron chi connectivity index (χ1n) is 11.6. The minimum Gasteiger partial charge on any atom is -0.484 e. The molecule has 2 amide bonds. The second kappa shape index (κ2) is 11.2. The summed E-state index contributed by atoms with van der Waals surface area (Å²) in [6.45, 7) is 3.24. The van der Waals surface area contributed by atoms with E-state index in [1.807, 2.05) is 19.1 Å². The van der Waals surface area contributed by atoms with Gasteiger partial charge in [0.1, 0.15) is 11.5 Å². The average Bonchev–Trinajstić information content (AvgIpc) is 2.84. The molecule has 0 bridgehead atoms. The summed E-state index contributed by atoms with van der Waals surface area (Å²) < 4.78 is 11.5. The molecule has 7 nitrogen and oxygen atoms in total. The SMILES string of the molecule is CCN1C[C@@H](C(=O)NC2CCC(NC(=O)COc3ccc(Cl)cc3)CC2)Oc2ccc(Cl)cc21. The number of nitrogens with one attached hydrogen (secondary N) is 2. The number of fused-ring (bicyclic) bond motifs is 1. The highest BCUT2D eigenvalue weighted by Crippen LogP contribution is 2.35. The molecular formula is C25H29Cl2N3O4. The molecule has 2 aromatic rings. The molecule has 4 rings (SSSR count). The minimum absolute atomic E-state index is 0.0437. The van der Waals surface area contributed by atoms with Gasteiger partial charge in [-0.2, -0.15) is 0 Å². The number of amides is 2. The predicted molar refractivity (Wildman–Crippen MR) is 133 cm³/mol. The van der Waals surface area contributed by atoms with Crippen molar-refractivity contribution in [2.75, 3.05) is 24.6 Å². The van der Waals surface area contributed by atoms with Gasteiger partial charge in [0, 0.05) is 28.7 Å². The second-order valence-corrected chi connectivity index (χ2v) is 9.50. The van der Waals surface area contributed by atoms with Crippen LogP contribution in [0, 0.1) is 0 Å². The van der Waals surface area contributed by atoms with E-state index in [1.165, 1.54) is 0 Å². The monoisotopic (exact) mass is 505 g/mol. The van der Waals surface area contributed by atoms with Gasteiger partial charge in [0.05, 0.1) is 12.2 Å². The Kier molecular flexibility index (Phi) is 8.06. The van der Waals surface area contributed by atoms with Gasteiger partial charge in [-0.3, -0.25) is 9.59 Å². The van der Waals surface area contributed by atoms with Gasteiger partial charge in [0.25, 0.3) is 11.8 Å². The summed E-state index contributed by atoms with van der Waals surface area (Å²) in [6, 6.07) is 12.5. The molecule has 2 aromatic carbocycles. The molecule has 0 unspecified atom stereocenters. The van der Waals surface area contributed by atoms with Gasteiger partial charge in [-0.25, -0.2) is 0 Å². The number of carbonyl (C=O) groups is 2. The number of nitrogens with zero attached hydrogens (tertiary/aromatic N) is 1. The van der Waals surface area contributed by atoms with Gasteiger partial charge in [-0.15, -0.1) is 0 Å². The Labute approximate surface area is 209 Å². The summed E-state index contributed by atoms with van der Waals surface area (Å²) in [5, 5.41) is 7.42. The quantitative estimate of drug-likeness (QED) is 0.589. The van der Waals surface area contributed by atoms with Crippen molar-refractivity contribution in [1.29, 1.82) is 0 Å². The van der Waals surface area contributed by atoms with E-state index in [0.717, 1.165) is 37.9 Å². The summed E-state index contributed by atoms with van der Waals surface area (Å²) in [6.07, 6.45) is 2.61. The fourth-order valence-corrected chi connectivity index (χ4v) is 4.68. The van der Waals surface area contributed by atoms with E-state index in [-0.39, 0.29) is 30.5 Å². The maximum atomic E-state index is 12.9. The highest BCUT2D eigenvalue weighted by atomic mass is 35.5. The summed E-state index contributed by atoms with van der Waals surface area (Å²) in [4.78, 5) is 27.3. The predicted octanol–water partition coefficient (Wildman–Crippen LogP) is 4.20. The molecule has 1 aliphatic carbocycles. The molecule has 1 saturated carbocycles. The maximum Gasteiger partial charge on any atom is 0.263 e. The van der Waals surface area contributed by atoms with Crippen molar-refractivity contribution in [2.45, 2.75) is 50.8 Å². The lowest BCUT2D eigenvalue weighted by Gasteiger charge is -2.36. The fraction of sp³-hybridized carbons (Fsp3) is 0.440. The van der Waals surface area contributed by atoms with Gasteiger partial charge < -0.3 is 25.0 Å². The summed E-state index contributed by atoms with van der Waals surface area (Å²) in [7, 11) is 0. The molecule has 182 valence electrons. The Morgan fingerprint density at radius 1 is 1.00 bits per heavy atom. The number of anilines is 1. The Bertz CT molecular complexity index is 1010. The summed E-state index contributed by atoms with van der Waals surface area (Å²) in [5.74, 6) is 1.01. The Morgan fingerprint density at radius 3 is 2.32 bits per heavy atom. The van der Waals surface area contributed by atoms with Crippen molar-refractivity contribution < 1.29 is 19.1 Å². The topological polar surface area (TPSA) is 79.9 Å². The molecule has 9 heteroatoms. The first-order chi connectivity index (χ1) is 16.4. The maximum absolute atomic E-state index is 12.9.